The summed E-state index contributed by atoms with van der Waals surface area (Å²) in [6, 6.07) is -1.20. The lowest BCUT2D eigenvalue weighted by molar-refractivity contribution is -0.269. The second kappa shape index (κ2) is 11.3. The van der Waals surface area contributed by atoms with Gasteiger partial charge in [-0.25, -0.2) is 5.01 Å². The Morgan fingerprint density at radius 1 is 0.967 bits per heavy atom. The van der Waals surface area contributed by atoms with Crippen LogP contribution in [0.5, 0.6) is 0 Å². The maximum Gasteiger partial charge on any atom is 0.305 e. The number of rotatable bonds is 7. The molecule has 1 aliphatic heterocycles. The first-order valence-corrected chi connectivity index (χ1v) is 9.05. The van der Waals surface area contributed by atoms with E-state index in [1.54, 1.807) is 0 Å². The van der Waals surface area contributed by atoms with E-state index in [0.29, 0.717) is 0 Å². The minimum atomic E-state index is -1.42. The van der Waals surface area contributed by atoms with E-state index >= 15 is 0 Å². The summed E-state index contributed by atoms with van der Waals surface area (Å²) in [7, 11) is 1.25. The predicted molar refractivity (Wildman–Crippen MR) is 101 cm³/mol. The smallest absolute Gasteiger partial charge is 0.305 e. The Bertz CT molecular complexity index is 703. The molecule has 0 aromatic rings. The SMILES string of the molecule is CC(=O)OC[C@@H]1O[C@@H](OC(C)=O)[C@@H](NC(=S)N(C)N=O)[C@@H](OC(C)=O)[C@@H]1OC(C)=O. The van der Waals surface area contributed by atoms with E-state index in [4.69, 9.17) is 35.9 Å². The molecule has 0 saturated carbocycles. The van der Waals surface area contributed by atoms with Gasteiger partial charge < -0.3 is 29.0 Å². The molecular weight excluding hydrogens is 426 g/mol. The molecule has 0 aromatic heterocycles. The van der Waals surface area contributed by atoms with E-state index in [9.17, 15) is 24.1 Å². The molecule has 168 valence electrons. The quantitative estimate of drug-likeness (QED) is 0.175. The fourth-order valence-electron chi connectivity index (χ4n) is 2.59. The van der Waals surface area contributed by atoms with Crippen LogP contribution in [0.15, 0.2) is 5.29 Å². The maximum absolute atomic E-state index is 11.7. The highest BCUT2D eigenvalue weighted by Crippen LogP contribution is 2.28. The zero-order chi connectivity index (χ0) is 23.0. The van der Waals surface area contributed by atoms with Crippen molar-refractivity contribution in [3.8, 4) is 0 Å². The lowest BCUT2D eigenvalue weighted by Crippen LogP contribution is -2.67. The molecule has 0 aliphatic carbocycles. The maximum atomic E-state index is 11.7. The van der Waals surface area contributed by atoms with Gasteiger partial charge in [0.15, 0.2) is 17.3 Å². The Labute approximate surface area is 177 Å². The molecule has 14 heteroatoms. The minimum Gasteiger partial charge on any atom is -0.463 e. The van der Waals surface area contributed by atoms with Gasteiger partial charge in [-0.2, -0.15) is 0 Å². The van der Waals surface area contributed by atoms with E-state index in [0.717, 1.165) is 32.7 Å². The number of nitrogens with one attached hydrogen (secondary N) is 1. The minimum absolute atomic E-state index is 0.215. The lowest BCUT2D eigenvalue weighted by atomic mass is 9.96. The van der Waals surface area contributed by atoms with Crippen molar-refractivity contribution in [1.82, 2.24) is 10.3 Å². The van der Waals surface area contributed by atoms with Crippen LogP contribution < -0.4 is 5.32 Å². The van der Waals surface area contributed by atoms with Crippen molar-refractivity contribution in [3.63, 3.8) is 0 Å². The van der Waals surface area contributed by atoms with Crippen molar-refractivity contribution in [2.45, 2.75) is 58.3 Å². The summed E-state index contributed by atoms with van der Waals surface area (Å²) in [5, 5.41) is 5.84. The molecule has 1 aliphatic rings. The summed E-state index contributed by atoms with van der Waals surface area (Å²) in [5.74, 6) is -2.90. The van der Waals surface area contributed by atoms with Gasteiger partial charge in [-0.05, 0) is 12.2 Å². The summed E-state index contributed by atoms with van der Waals surface area (Å²) in [6.45, 7) is 4.09. The fraction of sp³-hybridized carbons (Fsp3) is 0.688. The number of carbonyl (C=O) groups excluding carboxylic acids is 4. The third-order valence-corrected chi connectivity index (χ3v) is 4.07. The molecule has 0 spiro atoms. The number of carbonyl (C=O) groups is 4. The van der Waals surface area contributed by atoms with Gasteiger partial charge in [-0.3, -0.25) is 19.2 Å². The van der Waals surface area contributed by atoms with Crippen molar-refractivity contribution in [1.29, 1.82) is 0 Å². The number of nitrogens with zero attached hydrogens (tertiary/aromatic N) is 2. The van der Waals surface area contributed by atoms with Gasteiger partial charge in [0.1, 0.15) is 18.8 Å². The van der Waals surface area contributed by atoms with Gasteiger partial charge in [0.25, 0.3) is 0 Å². The van der Waals surface area contributed by atoms with Gasteiger partial charge in [-0.15, -0.1) is 4.91 Å². The topological polar surface area (TPSA) is 159 Å². The molecule has 13 nitrogen and oxygen atoms in total. The lowest BCUT2D eigenvalue weighted by Gasteiger charge is -2.44. The molecule has 0 aromatic carbocycles. The van der Waals surface area contributed by atoms with Crippen molar-refractivity contribution < 1.29 is 42.9 Å². The molecule has 5 atom stereocenters. The summed E-state index contributed by atoms with van der Waals surface area (Å²) in [6.07, 6.45) is -5.15. The van der Waals surface area contributed by atoms with E-state index in [-0.39, 0.29) is 5.11 Å². The van der Waals surface area contributed by atoms with Crippen molar-refractivity contribution in [2.24, 2.45) is 5.29 Å². The van der Waals surface area contributed by atoms with Crippen LogP contribution in [0.3, 0.4) is 0 Å². The van der Waals surface area contributed by atoms with Crippen molar-refractivity contribution in [3.05, 3.63) is 4.91 Å². The van der Waals surface area contributed by atoms with Gasteiger partial charge in [-0.1, -0.05) is 0 Å². The summed E-state index contributed by atoms with van der Waals surface area (Å²) in [4.78, 5) is 56.9. The van der Waals surface area contributed by atoms with Crippen molar-refractivity contribution in [2.75, 3.05) is 13.7 Å². The predicted octanol–water partition coefficient (Wildman–Crippen LogP) is -0.443. The second-order valence-corrected chi connectivity index (χ2v) is 6.57. The van der Waals surface area contributed by atoms with Crippen LogP contribution in [-0.4, -0.2) is 78.3 Å². The molecule has 0 unspecified atom stereocenters. The van der Waals surface area contributed by atoms with Crippen molar-refractivity contribution >= 4 is 41.2 Å². The first kappa shape index (κ1) is 25.2. The van der Waals surface area contributed by atoms with Crippen LogP contribution in [0, 0.1) is 4.91 Å². The average molecular weight is 449 g/mol. The third-order valence-electron chi connectivity index (χ3n) is 3.69. The molecule has 0 radical (unpaired) electrons. The van der Waals surface area contributed by atoms with Crippen LogP contribution in [0.2, 0.25) is 0 Å². The van der Waals surface area contributed by atoms with E-state index in [1.165, 1.54) is 7.05 Å². The number of thiocarbonyl (C=S) groups is 1. The first-order chi connectivity index (χ1) is 14.0. The van der Waals surface area contributed by atoms with E-state index in [1.807, 2.05) is 0 Å². The highest BCUT2D eigenvalue weighted by Gasteiger charge is 2.52. The molecule has 1 fully saturated rings. The monoisotopic (exact) mass is 449 g/mol. The highest BCUT2D eigenvalue weighted by molar-refractivity contribution is 7.80. The standard InChI is InChI=1S/C16H23N3O10S/c1-7(20)25-6-11-13(26-8(2)21)14(27-9(3)22)12(15(29-11)28-10(4)23)17-16(30)19(5)18-24/h11-15H,6H2,1-5H3,(H,17,30)/t11-,12-,13+,14+,15+/m0/s1. The number of ether oxygens (including phenoxy) is 5. The molecular formula is C16H23N3O10S. The number of hydrogen-bond donors (Lipinski definition) is 1. The molecule has 0 amide bonds. The van der Waals surface area contributed by atoms with Crippen LogP contribution in [0.1, 0.15) is 27.7 Å². The Hall–Kier alpha value is -2.87. The summed E-state index contributed by atoms with van der Waals surface area (Å²) < 4.78 is 26.3. The Morgan fingerprint density at radius 2 is 1.50 bits per heavy atom. The number of esters is 4. The fourth-order valence-corrected chi connectivity index (χ4v) is 2.76. The second-order valence-electron chi connectivity index (χ2n) is 6.18. The normalized spacial score (nSPS) is 25.3. The Balaban J connectivity index is 3.37. The molecule has 1 rings (SSSR count). The van der Waals surface area contributed by atoms with Crippen LogP contribution >= 0.6 is 12.2 Å². The van der Waals surface area contributed by atoms with E-state index < -0.39 is 61.1 Å². The largest absolute Gasteiger partial charge is 0.463 e. The Kier molecular flexibility index (Phi) is 9.52. The summed E-state index contributed by atoms with van der Waals surface area (Å²) >= 11 is 5.04. The zero-order valence-corrected chi connectivity index (χ0v) is 17.8. The van der Waals surface area contributed by atoms with Gasteiger partial charge in [0, 0.05) is 34.7 Å². The van der Waals surface area contributed by atoms with Gasteiger partial charge >= 0.3 is 23.9 Å². The zero-order valence-electron chi connectivity index (χ0n) is 17.0. The molecule has 1 heterocycles. The highest BCUT2D eigenvalue weighted by atomic mass is 32.1. The van der Waals surface area contributed by atoms with E-state index in [2.05, 4.69) is 10.6 Å². The van der Waals surface area contributed by atoms with Gasteiger partial charge in [0.05, 0.1) is 5.29 Å². The molecule has 1 saturated heterocycles. The number of hydrogen-bond acceptors (Lipinski definition) is 12. The van der Waals surface area contributed by atoms with Crippen LogP contribution in [0.25, 0.3) is 0 Å². The Morgan fingerprint density at radius 3 is 1.97 bits per heavy atom. The third kappa shape index (κ3) is 7.51. The number of nitroso groups, excluding NO2 is 1. The van der Waals surface area contributed by atoms with Crippen LogP contribution in [0.4, 0.5) is 0 Å². The molecule has 0 bridgehead atoms. The molecule has 30 heavy (non-hydrogen) atoms. The molecule has 1 N–H and O–H groups in total. The van der Waals surface area contributed by atoms with Gasteiger partial charge in [0.2, 0.25) is 6.29 Å². The average Bonchev–Trinajstić information content (AvgIpc) is 2.62. The summed E-state index contributed by atoms with van der Waals surface area (Å²) in [5.41, 5.74) is 0. The van der Waals surface area contributed by atoms with Crippen LogP contribution in [-0.2, 0) is 42.9 Å². The first-order valence-electron chi connectivity index (χ1n) is 8.64.